The molecule has 96 valence electrons. The lowest BCUT2D eigenvalue weighted by molar-refractivity contribution is 0.00585. The molecule has 2 rings (SSSR count). The number of rotatable bonds is 4. The lowest BCUT2D eigenvalue weighted by Gasteiger charge is -2.46. The molecule has 0 atom stereocenters. The number of nitrogens with zero attached hydrogens (tertiary/aromatic N) is 1. The first-order valence-corrected chi connectivity index (χ1v) is 6.19. The van der Waals surface area contributed by atoms with Crippen LogP contribution in [0.25, 0.3) is 0 Å². The predicted molar refractivity (Wildman–Crippen MR) is 71.1 cm³/mol. The summed E-state index contributed by atoms with van der Waals surface area (Å²) in [4.78, 5) is 13.5. The fourth-order valence-corrected chi connectivity index (χ4v) is 2.29. The van der Waals surface area contributed by atoms with Crippen LogP contribution in [-0.4, -0.2) is 24.1 Å². The summed E-state index contributed by atoms with van der Waals surface area (Å²) >= 11 is 0. The topological polar surface area (TPSA) is 29.5 Å². The second kappa shape index (κ2) is 5.25. The Morgan fingerprint density at radius 1 is 1.44 bits per heavy atom. The molecule has 1 amide bonds. The Labute approximate surface area is 108 Å². The van der Waals surface area contributed by atoms with E-state index >= 15 is 0 Å². The van der Waals surface area contributed by atoms with Crippen molar-refractivity contribution in [2.24, 2.45) is 5.41 Å². The molecule has 0 bridgehead atoms. The zero-order valence-electron chi connectivity index (χ0n) is 10.8. The maximum Gasteiger partial charge on any atom is 0.410 e. The van der Waals surface area contributed by atoms with Crippen LogP contribution in [0.3, 0.4) is 0 Å². The van der Waals surface area contributed by atoms with Crippen molar-refractivity contribution in [3.05, 3.63) is 48.6 Å². The minimum absolute atomic E-state index is 0.188. The number of carbonyl (C=O) groups is 1. The summed E-state index contributed by atoms with van der Waals surface area (Å²) in [6.07, 6.45) is 2.63. The van der Waals surface area contributed by atoms with E-state index < -0.39 is 0 Å². The maximum atomic E-state index is 11.8. The zero-order chi connectivity index (χ0) is 13.0. The molecule has 3 heteroatoms. The highest BCUT2D eigenvalue weighted by atomic mass is 16.6. The molecule has 0 N–H and O–H groups in total. The number of carbonyl (C=O) groups excluding carboxylic acids is 1. The molecule has 18 heavy (non-hydrogen) atoms. The maximum absolute atomic E-state index is 11.8. The number of hydrogen-bond acceptors (Lipinski definition) is 2. The molecule has 3 nitrogen and oxygen atoms in total. The van der Waals surface area contributed by atoms with E-state index in [0.29, 0.717) is 6.61 Å². The smallest absolute Gasteiger partial charge is 0.410 e. The number of amides is 1. The van der Waals surface area contributed by atoms with Crippen molar-refractivity contribution in [1.29, 1.82) is 0 Å². The molecule has 1 heterocycles. The van der Waals surface area contributed by atoms with Gasteiger partial charge in [0, 0.05) is 18.5 Å². The molecule has 1 aliphatic rings. The highest BCUT2D eigenvalue weighted by molar-refractivity contribution is 5.69. The van der Waals surface area contributed by atoms with Crippen molar-refractivity contribution in [3.63, 3.8) is 0 Å². The van der Waals surface area contributed by atoms with Crippen molar-refractivity contribution in [3.8, 4) is 0 Å². The second-order valence-corrected chi connectivity index (χ2v) is 5.20. The molecule has 1 fully saturated rings. The van der Waals surface area contributed by atoms with Crippen LogP contribution < -0.4 is 0 Å². The van der Waals surface area contributed by atoms with Gasteiger partial charge in [-0.05, 0) is 12.0 Å². The van der Waals surface area contributed by atoms with Gasteiger partial charge in [-0.15, -0.1) is 6.58 Å². The van der Waals surface area contributed by atoms with Crippen LogP contribution in [0.4, 0.5) is 4.79 Å². The lowest BCUT2D eigenvalue weighted by Crippen LogP contribution is -2.56. The average Bonchev–Trinajstić information content (AvgIpc) is 2.34. The Balaban J connectivity index is 1.76. The van der Waals surface area contributed by atoms with Crippen molar-refractivity contribution < 1.29 is 9.53 Å². The van der Waals surface area contributed by atoms with Crippen LogP contribution >= 0.6 is 0 Å². The lowest BCUT2D eigenvalue weighted by atomic mass is 9.79. The third-order valence-corrected chi connectivity index (χ3v) is 3.25. The van der Waals surface area contributed by atoms with Gasteiger partial charge < -0.3 is 9.64 Å². The summed E-state index contributed by atoms with van der Waals surface area (Å²) in [5.41, 5.74) is 1.20. The van der Waals surface area contributed by atoms with Gasteiger partial charge in [0.2, 0.25) is 0 Å². The number of hydrogen-bond donors (Lipinski definition) is 0. The van der Waals surface area contributed by atoms with Crippen molar-refractivity contribution in [1.82, 2.24) is 4.90 Å². The molecule has 0 unspecified atom stereocenters. The highest BCUT2D eigenvalue weighted by Gasteiger charge is 2.40. The van der Waals surface area contributed by atoms with Crippen LogP contribution in [0, 0.1) is 5.41 Å². The average molecular weight is 245 g/mol. The van der Waals surface area contributed by atoms with Crippen molar-refractivity contribution in [2.45, 2.75) is 20.0 Å². The minimum Gasteiger partial charge on any atom is -0.445 e. The molecule has 0 aromatic heterocycles. The number of likely N-dealkylation sites (tertiary alicyclic amines) is 1. The second-order valence-electron chi connectivity index (χ2n) is 5.20. The van der Waals surface area contributed by atoms with Crippen LogP contribution in [-0.2, 0) is 11.3 Å². The molecular formula is C15H19NO2. The molecule has 1 aliphatic heterocycles. The third kappa shape index (κ3) is 2.92. The Hall–Kier alpha value is -1.77. The molecule has 1 aromatic rings. The van der Waals surface area contributed by atoms with Crippen LogP contribution in [0.1, 0.15) is 18.9 Å². The van der Waals surface area contributed by atoms with Gasteiger partial charge in [0.25, 0.3) is 0 Å². The van der Waals surface area contributed by atoms with Gasteiger partial charge in [-0.3, -0.25) is 0 Å². The van der Waals surface area contributed by atoms with E-state index in [1.54, 1.807) is 4.90 Å². The van der Waals surface area contributed by atoms with Gasteiger partial charge in [0.05, 0.1) is 0 Å². The summed E-state index contributed by atoms with van der Waals surface area (Å²) in [5.74, 6) is 0. The molecule has 1 saturated heterocycles. The Morgan fingerprint density at radius 3 is 2.72 bits per heavy atom. The van der Waals surface area contributed by atoms with E-state index in [9.17, 15) is 4.79 Å². The van der Waals surface area contributed by atoms with Gasteiger partial charge >= 0.3 is 6.09 Å². The van der Waals surface area contributed by atoms with E-state index in [-0.39, 0.29) is 11.5 Å². The normalized spacial score (nSPS) is 16.8. The van der Waals surface area contributed by atoms with Gasteiger partial charge in [0.15, 0.2) is 0 Å². The van der Waals surface area contributed by atoms with Crippen molar-refractivity contribution in [2.75, 3.05) is 13.1 Å². The van der Waals surface area contributed by atoms with E-state index in [2.05, 4.69) is 13.5 Å². The molecule has 0 spiro atoms. The summed E-state index contributed by atoms with van der Waals surface area (Å²) in [5, 5.41) is 0. The first-order valence-electron chi connectivity index (χ1n) is 6.19. The molecular weight excluding hydrogens is 226 g/mol. The highest BCUT2D eigenvalue weighted by Crippen LogP contribution is 2.33. The van der Waals surface area contributed by atoms with Crippen LogP contribution in [0.5, 0.6) is 0 Å². The van der Waals surface area contributed by atoms with Gasteiger partial charge in [0.1, 0.15) is 6.61 Å². The zero-order valence-corrected chi connectivity index (χ0v) is 10.8. The first-order chi connectivity index (χ1) is 8.63. The largest absolute Gasteiger partial charge is 0.445 e. The molecule has 0 radical (unpaired) electrons. The van der Waals surface area contributed by atoms with Gasteiger partial charge in [-0.2, -0.15) is 0 Å². The minimum atomic E-state index is -0.222. The van der Waals surface area contributed by atoms with E-state index in [1.165, 1.54) is 0 Å². The third-order valence-electron chi connectivity index (χ3n) is 3.25. The standard InChI is InChI=1S/C15H19NO2/c1-3-9-15(2)11-16(12-15)14(17)18-10-13-7-5-4-6-8-13/h3-8H,1,9-12H2,2H3. The summed E-state index contributed by atoms with van der Waals surface area (Å²) in [6.45, 7) is 7.76. The first kappa shape index (κ1) is 12.7. The number of ether oxygens (including phenoxy) is 1. The quantitative estimate of drug-likeness (QED) is 0.762. The fourth-order valence-electron chi connectivity index (χ4n) is 2.29. The monoisotopic (exact) mass is 245 g/mol. The van der Waals surface area contributed by atoms with Crippen LogP contribution in [0.2, 0.25) is 0 Å². The van der Waals surface area contributed by atoms with E-state index in [4.69, 9.17) is 4.74 Å². The summed E-state index contributed by atoms with van der Waals surface area (Å²) in [6, 6.07) is 9.72. The SMILES string of the molecule is C=CCC1(C)CN(C(=O)OCc2ccccc2)C1. The number of benzene rings is 1. The molecule has 1 aromatic carbocycles. The summed E-state index contributed by atoms with van der Waals surface area (Å²) < 4.78 is 5.26. The van der Waals surface area contributed by atoms with E-state index in [1.807, 2.05) is 36.4 Å². The van der Waals surface area contributed by atoms with Crippen molar-refractivity contribution >= 4 is 6.09 Å². The number of allylic oxidation sites excluding steroid dienone is 1. The fraction of sp³-hybridized carbons (Fsp3) is 0.400. The Morgan fingerprint density at radius 2 is 2.11 bits per heavy atom. The van der Waals surface area contributed by atoms with Crippen LogP contribution in [0.15, 0.2) is 43.0 Å². The predicted octanol–water partition coefficient (Wildman–Crippen LogP) is 3.22. The Bertz CT molecular complexity index is 421. The van der Waals surface area contributed by atoms with E-state index in [0.717, 1.165) is 25.1 Å². The molecule has 0 saturated carbocycles. The molecule has 0 aliphatic carbocycles. The Kier molecular flexibility index (Phi) is 3.70. The van der Waals surface area contributed by atoms with Gasteiger partial charge in [-0.25, -0.2) is 4.79 Å². The summed E-state index contributed by atoms with van der Waals surface area (Å²) in [7, 11) is 0. The van der Waals surface area contributed by atoms with Gasteiger partial charge in [-0.1, -0.05) is 43.3 Å².